The van der Waals surface area contributed by atoms with Crippen LogP contribution in [0.2, 0.25) is 0 Å². The predicted molar refractivity (Wildman–Crippen MR) is 128 cm³/mol. The van der Waals surface area contributed by atoms with Gasteiger partial charge in [-0.1, -0.05) is 12.1 Å². The maximum absolute atomic E-state index is 11.6. The zero-order valence-electron chi connectivity index (χ0n) is 19.8. The van der Waals surface area contributed by atoms with Crippen LogP contribution >= 0.6 is 0 Å². The summed E-state index contributed by atoms with van der Waals surface area (Å²) in [6.45, 7) is 15.0. The van der Waals surface area contributed by atoms with Crippen LogP contribution < -0.4 is 20.9 Å². The van der Waals surface area contributed by atoms with Crippen LogP contribution in [0.25, 0.3) is 0 Å². The molecule has 1 aromatic rings. The van der Waals surface area contributed by atoms with Gasteiger partial charge >= 0.3 is 6.09 Å². The third-order valence-electron chi connectivity index (χ3n) is 4.99. The molecule has 1 amide bonds. The van der Waals surface area contributed by atoms with Gasteiger partial charge in [-0.05, 0) is 58.4 Å². The Bertz CT molecular complexity index is 708. The van der Waals surface area contributed by atoms with E-state index in [1.807, 2.05) is 20.8 Å². The first-order valence-corrected chi connectivity index (χ1v) is 11.2. The topological polar surface area (TPSA) is 81.2 Å². The largest absolute Gasteiger partial charge is 0.444 e. The minimum atomic E-state index is -0.484. The van der Waals surface area contributed by atoms with Gasteiger partial charge in [0.25, 0.3) is 0 Å². The molecule has 1 fully saturated rings. The number of aliphatic imine (C=N–C) groups is 1. The Labute approximate surface area is 187 Å². The zero-order chi connectivity index (χ0) is 22.7. The van der Waals surface area contributed by atoms with Crippen LogP contribution in [0, 0.1) is 6.92 Å². The van der Waals surface area contributed by atoms with Crippen LogP contribution in [0.1, 0.15) is 32.8 Å². The van der Waals surface area contributed by atoms with Gasteiger partial charge < -0.3 is 25.6 Å². The van der Waals surface area contributed by atoms with Crippen LogP contribution in [0.3, 0.4) is 0 Å². The highest BCUT2D eigenvalue weighted by Crippen LogP contribution is 2.17. The minimum absolute atomic E-state index is 0.403. The highest BCUT2D eigenvalue weighted by Gasteiger charge is 2.17. The number of amides is 1. The number of alkyl carbamates (subject to hydrolysis) is 1. The number of benzene rings is 1. The van der Waals surface area contributed by atoms with E-state index < -0.39 is 11.7 Å². The molecule has 0 aliphatic carbocycles. The van der Waals surface area contributed by atoms with E-state index in [9.17, 15) is 4.79 Å². The first-order valence-electron chi connectivity index (χ1n) is 11.2. The predicted octanol–water partition coefficient (Wildman–Crippen LogP) is 2.20. The summed E-state index contributed by atoms with van der Waals surface area (Å²) in [6.07, 6.45) is 0.654. The molecule has 1 aromatic carbocycles. The molecule has 0 radical (unpaired) electrons. The zero-order valence-corrected chi connectivity index (χ0v) is 19.8. The second-order valence-corrected chi connectivity index (χ2v) is 8.88. The van der Waals surface area contributed by atoms with Gasteiger partial charge in [-0.3, -0.25) is 9.89 Å². The van der Waals surface area contributed by atoms with E-state index in [4.69, 9.17) is 4.74 Å². The van der Waals surface area contributed by atoms with Crippen LogP contribution in [0.15, 0.2) is 29.3 Å². The van der Waals surface area contributed by atoms with Crippen molar-refractivity contribution < 1.29 is 9.53 Å². The lowest BCUT2D eigenvalue weighted by Gasteiger charge is -2.36. The summed E-state index contributed by atoms with van der Waals surface area (Å²) in [4.78, 5) is 20.9. The van der Waals surface area contributed by atoms with E-state index in [1.54, 1.807) is 7.05 Å². The standard InChI is InChI=1S/C23H40N6O2/c1-19-8-6-9-20(18-19)29-16-14-28(15-17-29)13-7-10-25-21(24-5)26-11-12-27-22(30)31-23(2,3)4/h6,8-9,18H,7,10-17H2,1-5H3,(H,27,30)(H2,24,25,26). The summed E-state index contributed by atoms with van der Waals surface area (Å²) >= 11 is 0. The molecule has 3 N–H and O–H groups in total. The number of hydrogen-bond donors (Lipinski definition) is 3. The molecule has 8 nitrogen and oxygen atoms in total. The summed E-state index contributed by atoms with van der Waals surface area (Å²) in [6, 6.07) is 8.75. The maximum Gasteiger partial charge on any atom is 0.407 e. The van der Waals surface area contributed by atoms with Crippen molar-refractivity contribution in [2.75, 3.05) is 64.3 Å². The van der Waals surface area contributed by atoms with Gasteiger partial charge in [0.1, 0.15) is 5.60 Å². The van der Waals surface area contributed by atoms with Gasteiger partial charge in [0.15, 0.2) is 5.96 Å². The molecular formula is C23H40N6O2. The lowest BCUT2D eigenvalue weighted by Crippen LogP contribution is -2.47. The molecule has 1 heterocycles. The van der Waals surface area contributed by atoms with E-state index in [0.29, 0.717) is 13.1 Å². The molecule has 174 valence electrons. The molecule has 0 spiro atoms. The van der Waals surface area contributed by atoms with E-state index in [1.165, 1.54) is 11.3 Å². The SMILES string of the molecule is CN=C(NCCCN1CCN(c2cccc(C)c2)CC1)NCCNC(=O)OC(C)(C)C. The third kappa shape index (κ3) is 9.91. The lowest BCUT2D eigenvalue weighted by atomic mass is 10.2. The normalized spacial score (nSPS) is 15.5. The lowest BCUT2D eigenvalue weighted by molar-refractivity contribution is 0.0529. The molecule has 0 atom stereocenters. The number of ether oxygens (including phenoxy) is 1. The number of nitrogens with one attached hydrogen (secondary N) is 3. The Hall–Kier alpha value is -2.48. The van der Waals surface area contributed by atoms with E-state index in [2.05, 4.69) is 61.9 Å². The van der Waals surface area contributed by atoms with Crippen molar-refractivity contribution in [3.63, 3.8) is 0 Å². The fourth-order valence-electron chi connectivity index (χ4n) is 3.44. The Morgan fingerprint density at radius 2 is 1.74 bits per heavy atom. The number of nitrogens with zero attached hydrogens (tertiary/aromatic N) is 3. The van der Waals surface area contributed by atoms with Crippen molar-refractivity contribution in [2.45, 2.75) is 39.7 Å². The molecule has 8 heteroatoms. The number of aryl methyl sites for hydroxylation is 1. The van der Waals surface area contributed by atoms with Gasteiger partial charge in [0.2, 0.25) is 0 Å². The summed E-state index contributed by atoms with van der Waals surface area (Å²) in [7, 11) is 1.75. The number of anilines is 1. The van der Waals surface area contributed by atoms with Crippen molar-refractivity contribution >= 4 is 17.7 Å². The van der Waals surface area contributed by atoms with E-state index >= 15 is 0 Å². The average molecular weight is 433 g/mol. The van der Waals surface area contributed by atoms with Crippen LogP contribution in [-0.4, -0.2) is 82.0 Å². The maximum atomic E-state index is 11.6. The van der Waals surface area contributed by atoms with Crippen molar-refractivity contribution in [2.24, 2.45) is 4.99 Å². The summed E-state index contributed by atoms with van der Waals surface area (Å²) in [5.41, 5.74) is 2.16. The van der Waals surface area contributed by atoms with Crippen LogP contribution in [0.4, 0.5) is 10.5 Å². The Morgan fingerprint density at radius 3 is 2.39 bits per heavy atom. The summed E-state index contributed by atoms with van der Waals surface area (Å²) < 4.78 is 5.21. The molecule has 0 aromatic heterocycles. The highest BCUT2D eigenvalue weighted by atomic mass is 16.6. The monoisotopic (exact) mass is 432 g/mol. The quantitative estimate of drug-likeness (QED) is 0.332. The van der Waals surface area contributed by atoms with Gasteiger partial charge in [-0.2, -0.15) is 0 Å². The van der Waals surface area contributed by atoms with Gasteiger partial charge in [-0.15, -0.1) is 0 Å². The fourth-order valence-corrected chi connectivity index (χ4v) is 3.44. The molecule has 0 saturated carbocycles. The summed E-state index contributed by atoms with van der Waals surface area (Å²) in [5, 5.41) is 9.27. The highest BCUT2D eigenvalue weighted by molar-refractivity contribution is 5.79. The summed E-state index contributed by atoms with van der Waals surface area (Å²) in [5.74, 6) is 0.746. The molecule has 0 unspecified atom stereocenters. The fraction of sp³-hybridized carbons (Fsp3) is 0.652. The second-order valence-electron chi connectivity index (χ2n) is 8.88. The van der Waals surface area contributed by atoms with E-state index in [-0.39, 0.29) is 0 Å². The van der Waals surface area contributed by atoms with Gasteiger partial charge in [0.05, 0.1) is 0 Å². The Morgan fingerprint density at radius 1 is 1.06 bits per heavy atom. The smallest absolute Gasteiger partial charge is 0.407 e. The number of carbonyl (C=O) groups excluding carboxylic acids is 1. The van der Waals surface area contributed by atoms with Gasteiger partial charge in [0, 0.05) is 58.5 Å². The number of guanidine groups is 1. The number of carbonyl (C=O) groups is 1. The minimum Gasteiger partial charge on any atom is -0.444 e. The first kappa shape index (κ1) is 24.8. The third-order valence-corrected chi connectivity index (χ3v) is 4.99. The molecule has 1 aliphatic heterocycles. The van der Waals surface area contributed by atoms with Gasteiger partial charge in [-0.25, -0.2) is 4.79 Å². The number of piperazine rings is 1. The second kappa shape index (κ2) is 12.4. The molecule has 2 rings (SSSR count). The van der Waals surface area contributed by atoms with Crippen molar-refractivity contribution in [1.29, 1.82) is 0 Å². The molecule has 1 saturated heterocycles. The molecular weight excluding hydrogens is 392 g/mol. The number of rotatable bonds is 8. The van der Waals surface area contributed by atoms with Crippen molar-refractivity contribution in [3.05, 3.63) is 29.8 Å². The molecule has 1 aliphatic rings. The van der Waals surface area contributed by atoms with E-state index in [0.717, 1.165) is 51.6 Å². The van der Waals surface area contributed by atoms with Crippen LogP contribution in [-0.2, 0) is 4.74 Å². The van der Waals surface area contributed by atoms with Crippen molar-refractivity contribution in [1.82, 2.24) is 20.9 Å². The number of hydrogen-bond acceptors (Lipinski definition) is 5. The van der Waals surface area contributed by atoms with Crippen LogP contribution in [0.5, 0.6) is 0 Å². The van der Waals surface area contributed by atoms with Crippen molar-refractivity contribution in [3.8, 4) is 0 Å². The molecule has 31 heavy (non-hydrogen) atoms. The first-order chi connectivity index (χ1) is 14.8. The Kier molecular flexibility index (Phi) is 9.91. The Balaban J connectivity index is 1.55. The molecule has 0 bridgehead atoms. The average Bonchev–Trinajstić information content (AvgIpc) is 2.71.